The second-order valence-corrected chi connectivity index (χ2v) is 9.58. The maximum atomic E-state index is 13.0. The van der Waals surface area contributed by atoms with E-state index in [-0.39, 0.29) is 6.03 Å². The molecule has 6 rings (SSSR count). The fourth-order valence-electron chi connectivity index (χ4n) is 4.45. The van der Waals surface area contributed by atoms with Crippen molar-refractivity contribution in [1.29, 1.82) is 0 Å². The predicted octanol–water partition coefficient (Wildman–Crippen LogP) is 8.16. The molecule has 8 heteroatoms. The summed E-state index contributed by atoms with van der Waals surface area (Å²) in [5.41, 5.74) is 8.13. The number of urea groups is 1. The van der Waals surface area contributed by atoms with Crippen LogP contribution < -0.4 is 20.7 Å². The standard InChI is InChI=1S/C22H16N4O3S.C5H10.C2H6/c1-12-11-14(29-13-5-3-2-4-6-13)7-8-15(12)26-16-9-10-24-21-17(16)18(25-22(26)28)19(30-21)20(23)27;1-2-4-5-3-1;1-2/h2-11H,1H3,(H2,23,27)(H,25,28);1-5H2;1-2H3. The molecule has 2 aliphatic rings. The molecule has 4 aromatic rings. The van der Waals surface area contributed by atoms with Crippen LogP contribution in [0.15, 0.2) is 60.8 Å². The fraction of sp³-hybridized carbons (Fsp3) is 0.276. The van der Waals surface area contributed by atoms with E-state index in [4.69, 9.17) is 10.5 Å². The van der Waals surface area contributed by atoms with Crippen LogP contribution in [-0.2, 0) is 0 Å². The van der Waals surface area contributed by atoms with Gasteiger partial charge in [-0.1, -0.05) is 64.2 Å². The van der Waals surface area contributed by atoms with Gasteiger partial charge in [0.15, 0.2) is 0 Å². The fourth-order valence-corrected chi connectivity index (χ4v) is 5.42. The summed E-state index contributed by atoms with van der Waals surface area (Å²) in [5.74, 6) is 0.816. The summed E-state index contributed by atoms with van der Waals surface area (Å²) < 4.78 is 5.89. The Kier molecular flexibility index (Phi) is 8.40. The first-order chi connectivity index (χ1) is 18.0. The number of aromatic nitrogens is 1. The Morgan fingerprint density at radius 1 is 0.973 bits per heavy atom. The Hall–Kier alpha value is -3.91. The lowest BCUT2D eigenvalue weighted by Crippen LogP contribution is -2.34. The first-order valence-corrected chi connectivity index (χ1v) is 13.5. The predicted molar refractivity (Wildman–Crippen MR) is 151 cm³/mol. The van der Waals surface area contributed by atoms with Crippen LogP contribution in [0.4, 0.5) is 21.9 Å². The van der Waals surface area contributed by atoms with Gasteiger partial charge in [0.2, 0.25) is 0 Å². The summed E-state index contributed by atoms with van der Waals surface area (Å²) >= 11 is 1.17. The van der Waals surface area contributed by atoms with Gasteiger partial charge in [-0.15, -0.1) is 11.3 Å². The van der Waals surface area contributed by atoms with E-state index in [1.807, 2.05) is 69.3 Å². The molecule has 0 bridgehead atoms. The largest absolute Gasteiger partial charge is 0.457 e. The normalized spacial score (nSPS) is 13.7. The lowest BCUT2D eigenvalue weighted by molar-refractivity contribution is 0.100. The Bertz CT molecular complexity index is 1390. The molecule has 192 valence electrons. The van der Waals surface area contributed by atoms with Gasteiger partial charge in [0.05, 0.1) is 22.4 Å². The minimum absolute atomic E-state index is 0.293. The molecule has 1 fully saturated rings. The third-order valence-corrected chi connectivity index (χ3v) is 7.22. The Morgan fingerprint density at radius 3 is 2.27 bits per heavy atom. The second-order valence-electron chi connectivity index (χ2n) is 8.58. The van der Waals surface area contributed by atoms with Gasteiger partial charge < -0.3 is 15.8 Å². The van der Waals surface area contributed by atoms with Gasteiger partial charge in [-0.3, -0.25) is 9.69 Å². The van der Waals surface area contributed by atoms with Crippen LogP contribution in [0.5, 0.6) is 11.5 Å². The molecule has 3 amide bonds. The molecule has 2 aromatic heterocycles. The van der Waals surface area contributed by atoms with Gasteiger partial charge in [0, 0.05) is 6.20 Å². The number of benzene rings is 2. The van der Waals surface area contributed by atoms with Crippen molar-refractivity contribution in [3.05, 3.63) is 71.2 Å². The number of anilines is 3. The van der Waals surface area contributed by atoms with Crippen molar-refractivity contribution in [2.75, 3.05) is 10.2 Å². The lowest BCUT2D eigenvalue weighted by Gasteiger charge is -2.29. The summed E-state index contributed by atoms with van der Waals surface area (Å²) in [6.45, 7) is 5.91. The van der Waals surface area contributed by atoms with Crippen LogP contribution in [0.1, 0.15) is 61.2 Å². The number of para-hydroxylation sites is 1. The number of rotatable bonds is 4. The smallest absolute Gasteiger partial charge is 0.331 e. The molecular formula is C29H32N4O3S. The van der Waals surface area contributed by atoms with Crippen molar-refractivity contribution >= 4 is 50.6 Å². The highest BCUT2D eigenvalue weighted by atomic mass is 32.1. The van der Waals surface area contributed by atoms with Crippen molar-refractivity contribution < 1.29 is 14.3 Å². The second kappa shape index (κ2) is 11.9. The monoisotopic (exact) mass is 516 g/mol. The number of nitrogens with zero attached hydrogens (tertiary/aromatic N) is 2. The van der Waals surface area contributed by atoms with Crippen LogP contribution >= 0.6 is 11.3 Å². The van der Waals surface area contributed by atoms with E-state index in [1.165, 1.54) is 43.4 Å². The van der Waals surface area contributed by atoms with E-state index in [9.17, 15) is 9.59 Å². The molecule has 7 nitrogen and oxygen atoms in total. The molecule has 0 radical (unpaired) electrons. The van der Waals surface area contributed by atoms with Crippen molar-refractivity contribution in [3.63, 3.8) is 0 Å². The molecule has 1 aliphatic carbocycles. The topological polar surface area (TPSA) is 97.5 Å². The maximum absolute atomic E-state index is 13.0. The summed E-state index contributed by atoms with van der Waals surface area (Å²) in [4.78, 5) is 31.7. The third-order valence-electron chi connectivity index (χ3n) is 6.11. The lowest BCUT2D eigenvalue weighted by atomic mass is 10.1. The number of thiophene rings is 1. The summed E-state index contributed by atoms with van der Waals surface area (Å²) in [6.07, 6.45) is 9.12. The number of aryl methyl sites for hydroxylation is 1. The van der Waals surface area contributed by atoms with Crippen LogP contribution in [0, 0.1) is 6.92 Å². The first kappa shape index (κ1) is 26.2. The number of hydrogen-bond donors (Lipinski definition) is 2. The Morgan fingerprint density at radius 2 is 1.65 bits per heavy atom. The zero-order valence-corrected chi connectivity index (χ0v) is 22.2. The van der Waals surface area contributed by atoms with Crippen molar-refractivity contribution in [3.8, 4) is 11.5 Å². The number of ether oxygens (including phenoxy) is 1. The van der Waals surface area contributed by atoms with Gasteiger partial charge in [-0.25, -0.2) is 9.78 Å². The van der Waals surface area contributed by atoms with E-state index in [1.54, 1.807) is 17.2 Å². The van der Waals surface area contributed by atoms with Crippen molar-refractivity contribution in [2.45, 2.75) is 52.9 Å². The molecule has 0 atom stereocenters. The molecule has 3 N–H and O–H groups in total. The van der Waals surface area contributed by atoms with E-state index in [2.05, 4.69) is 10.3 Å². The highest BCUT2D eigenvalue weighted by Crippen LogP contribution is 2.46. The summed E-state index contributed by atoms with van der Waals surface area (Å²) in [5, 5.41) is 3.52. The molecule has 1 saturated carbocycles. The molecule has 3 heterocycles. The van der Waals surface area contributed by atoms with Gasteiger partial charge in [-0.05, 0) is 48.9 Å². The Labute approximate surface area is 221 Å². The minimum atomic E-state index is -0.591. The Balaban J connectivity index is 0.000000403. The number of primary amides is 1. The molecule has 37 heavy (non-hydrogen) atoms. The highest BCUT2D eigenvalue weighted by Gasteiger charge is 2.32. The van der Waals surface area contributed by atoms with Gasteiger partial charge in [0.1, 0.15) is 21.2 Å². The quantitative estimate of drug-likeness (QED) is 0.286. The van der Waals surface area contributed by atoms with E-state index < -0.39 is 5.91 Å². The average Bonchev–Trinajstić information content (AvgIpc) is 3.60. The number of amides is 3. The number of pyridine rings is 1. The number of carbonyl (C=O) groups is 2. The SMILES string of the molecule is C1CCCC1.CC.Cc1cc(Oc2ccccc2)ccc1N1C(=O)Nc2c(C(N)=O)sc3nccc1c23. The van der Waals surface area contributed by atoms with E-state index in [0.717, 1.165) is 11.3 Å². The number of nitrogens with one attached hydrogen (secondary N) is 1. The number of hydrogen-bond acceptors (Lipinski definition) is 5. The van der Waals surface area contributed by atoms with Gasteiger partial charge in [-0.2, -0.15) is 0 Å². The maximum Gasteiger partial charge on any atom is 0.331 e. The van der Waals surface area contributed by atoms with Crippen LogP contribution in [-0.4, -0.2) is 16.9 Å². The third kappa shape index (κ3) is 5.59. The first-order valence-electron chi connectivity index (χ1n) is 12.7. The molecule has 2 aromatic carbocycles. The van der Waals surface area contributed by atoms with Gasteiger partial charge in [0.25, 0.3) is 5.91 Å². The van der Waals surface area contributed by atoms with Gasteiger partial charge >= 0.3 is 6.03 Å². The molecular weight excluding hydrogens is 484 g/mol. The van der Waals surface area contributed by atoms with E-state index >= 15 is 0 Å². The number of carbonyl (C=O) groups excluding carboxylic acids is 2. The van der Waals surface area contributed by atoms with Crippen LogP contribution in [0.2, 0.25) is 0 Å². The summed E-state index contributed by atoms with van der Waals surface area (Å²) in [6, 6.07) is 16.4. The van der Waals surface area contributed by atoms with Crippen LogP contribution in [0.25, 0.3) is 10.2 Å². The number of nitrogens with two attached hydrogens (primary N) is 1. The van der Waals surface area contributed by atoms with Crippen molar-refractivity contribution in [1.82, 2.24) is 4.98 Å². The summed E-state index contributed by atoms with van der Waals surface area (Å²) in [7, 11) is 0. The zero-order chi connectivity index (χ0) is 26.4. The highest BCUT2D eigenvalue weighted by molar-refractivity contribution is 7.21. The molecule has 0 saturated heterocycles. The zero-order valence-electron chi connectivity index (χ0n) is 21.4. The molecule has 1 aliphatic heterocycles. The molecule has 0 unspecified atom stereocenters. The van der Waals surface area contributed by atoms with Crippen LogP contribution in [0.3, 0.4) is 0 Å². The minimum Gasteiger partial charge on any atom is -0.457 e. The average molecular weight is 517 g/mol. The van der Waals surface area contributed by atoms with E-state index in [0.29, 0.717) is 37.9 Å². The van der Waals surface area contributed by atoms with Crippen molar-refractivity contribution in [2.24, 2.45) is 5.73 Å². The molecule has 0 spiro atoms.